The number of hydrogen-bond acceptors (Lipinski definition) is 7. The minimum Gasteiger partial charge on any atom is -0.308 e. The molecule has 2 aliphatic rings. The first-order valence-electron chi connectivity index (χ1n) is 8.05. The van der Waals surface area contributed by atoms with Crippen LogP contribution in [0.4, 0.5) is 0 Å². The number of hydrogen-bond donors (Lipinski definition) is 0. The fourth-order valence-electron chi connectivity index (χ4n) is 2.99. The molecule has 1 aromatic rings. The number of fused-ring (bicyclic) bond motifs is 1. The first kappa shape index (κ1) is 17.8. The number of allylic oxidation sites excluding steroid dienone is 1. The Balaban J connectivity index is 1.67. The van der Waals surface area contributed by atoms with Crippen LogP contribution >= 0.6 is 23.5 Å². The van der Waals surface area contributed by atoms with Gasteiger partial charge in [-0.05, 0) is 43.9 Å². The maximum absolute atomic E-state index is 12.2. The second kappa shape index (κ2) is 6.68. The largest absolute Gasteiger partial charge is 0.308 e. The molecule has 2 aliphatic heterocycles. The number of amides is 1. The molecule has 1 aromatic heterocycles. The molecule has 0 aliphatic carbocycles. The molecule has 1 unspecified atom stereocenters. The lowest BCUT2D eigenvalue weighted by Gasteiger charge is -2.57. The molecule has 2 atom stereocenters. The predicted molar refractivity (Wildman–Crippen MR) is 96.7 cm³/mol. The van der Waals surface area contributed by atoms with Crippen molar-refractivity contribution in [3.63, 3.8) is 0 Å². The molecule has 3 rings (SSSR count). The first-order chi connectivity index (χ1) is 11.3. The average molecular weight is 369 g/mol. The van der Waals surface area contributed by atoms with Crippen molar-refractivity contribution >= 4 is 29.4 Å². The van der Waals surface area contributed by atoms with E-state index in [0.717, 1.165) is 35.4 Å². The highest BCUT2D eigenvalue weighted by Gasteiger charge is 2.57. The van der Waals surface area contributed by atoms with Gasteiger partial charge in [0.05, 0.1) is 12.5 Å². The standard InChI is InChI=1S/C15H24N6OS2/c1-10-13(22)21-11(2)12(9-24-15(10,21)3)8-23-14-16-17-18-20(14)7-6-19(4)5/h10H,6-9H2,1-5H3/t10?,15-/m1/s1. The van der Waals surface area contributed by atoms with Gasteiger partial charge in [0.25, 0.3) is 0 Å². The van der Waals surface area contributed by atoms with Crippen LogP contribution in [0.5, 0.6) is 0 Å². The van der Waals surface area contributed by atoms with Crippen molar-refractivity contribution in [1.29, 1.82) is 0 Å². The van der Waals surface area contributed by atoms with E-state index in [0.29, 0.717) is 0 Å². The van der Waals surface area contributed by atoms with Crippen molar-refractivity contribution in [3.8, 4) is 0 Å². The van der Waals surface area contributed by atoms with Gasteiger partial charge in [0.1, 0.15) is 4.87 Å². The third-order valence-electron chi connectivity index (χ3n) is 4.86. The Morgan fingerprint density at radius 3 is 2.92 bits per heavy atom. The van der Waals surface area contributed by atoms with Crippen molar-refractivity contribution in [2.75, 3.05) is 32.1 Å². The van der Waals surface area contributed by atoms with Gasteiger partial charge in [-0.1, -0.05) is 18.7 Å². The van der Waals surface area contributed by atoms with Crippen molar-refractivity contribution in [2.24, 2.45) is 5.92 Å². The zero-order valence-corrected chi connectivity index (χ0v) is 16.4. The van der Waals surface area contributed by atoms with Crippen molar-refractivity contribution in [1.82, 2.24) is 30.0 Å². The summed E-state index contributed by atoms with van der Waals surface area (Å²) in [5, 5.41) is 12.8. The summed E-state index contributed by atoms with van der Waals surface area (Å²) in [6.07, 6.45) is 0. The monoisotopic (exact) mass is 368 g/mol. The summed E-state index contributed by atoms with van der Waals surface area (Å²) in [5.74, 6) is 2.11. The number of tetrazole rings is 1. The summed E-state index contributed by atoms with van der Waals surface area (Å²) < 4.78 is 1.84. The quantitative estimate of drug-likeness (QED) is 0.557. The molecule has 1 fully saturated rings. The van der Waals surface area contributed by atoms with Crippen LogP contribution in [0, 0.1) is 5.92 Å². The van der Waals surface area contributed by atoms with Crippen LogP contribution < -0.4 is 0 Å². The van der Waals surface area contributed by atoms with Crippen molar-refractivity contribution < 1.29 is 4.79 Å². The zero-order valence-electron chi connectivity index (χ0n) is 14.8. The maximum atomic E-state index is 12.2. The third-order valence-corrected chi connectivity index (χ3v) is 7.51. The van der Waals surface area contributed by atoms with Gasteiger partial charge >= 0.3 is 0 Å². The molecule has 0 spiro atoms. The summed E-state index contributed by atoms with van der Waals surface area (Å²) in [7, 11) is 4.07. The molecule has 0 N–H and O–H groups in total. The van der Waals surface area contributed by atoms with Crippen LogP contribution in [-0.4, -0.2) is 72.9 Å². The highest BCUT2D eigenvalue weighted by atomic mass is 32.2. The second-order valence-electron chi connectivity index (χ2n) is 6.70. The van der Waals surface area contributed by atoms with E-state index in [4.69, 9.17) is 0 Å². The van der Waals surface area contributed by atoms with Gasteiger partial charge in [0.2, 0.25) is 11.1 Å². The molecule has 132 valence electrons. The Morgan fingerprint density at radius 1 is 1.46 bits per heavy atom. The number of nitrogens with zero attached hydrogens (tertiary/aromatic N) is 6. The number of thioether (sulfide) groups is 2. The summed E-state index contributed by atoms with van der Waals surface area (Å²) in [6.45, 7) is 7.92. The van der Waals surface area contributed by atoms with E-state index in [-0.39, 0.29) is 16.7 Å². The number of rotatable bonds is 6. The normalized spacial score (nSPS) is 26.8. The molecule has 0 saturated carbocycles. The lowest BCUT2D eigenvalue weighted by molar-refractivity contribution is -0.152. The molecule has 0 radical (unpaired) electrons. The fourth-order valence-corrected chi connectivity index (χ4v) is 5.58. The second-order valence-corrected chi connectivity index (χ2v) is 9.05. The molecule has 3 heterocycles. The molecule has 0 aromatic carbocycles. The van der Waals surface area contributed by atoms with Crippen LogP contribution in [0.25, 0.3) is 0 Å². The lowest BCUT2D eigenvalue weighted by Crippen LogP contribution is -2.67. The molecule has 9 heteroatoms. The average Bonchev–Trinajstić information content (AvgIpc) is 2.99. The molecular weight excluding hydrogens is 344 g/mol. The van der Waals surface area contributed by atoms with E-state index < -0.39 is 0 Å². The van der Waals surface area contributed by atoms with Crippen LogP contribution in [0.3, 0.4) is 0 Å². The highest BCUT2D eigenvalue weighted by molar-refractivity contribution is 8.01. The third kappa shape index (κ3) is 2.97. The van der Waals surface area contributed by atoms with Gasteiger partial charge in [0, 0.05) is 23.7 Å². The summed E-state index contributed by atoms with van der Waals surface area (Å²) in [6, 6.07) is 0. The van der Waals surface area contributed by atoms with Crippen LogP contribution in [-0.2, 0) is 11.3 Å². The van der Waals surface area contributed by atoms with E-state index in [1.165, 1.54) is 5.57 Å². The van der Waals surface area contributed by atoms with Crippen LogP contribution in [0.1, 0.15) is 20.8 Å². The van der Waals surface area contributed by atoms with Crippen molar-refractivity contribution in [2.45, 2.75) is 37.3 Å². The molecule has 0 bridgehead atoms. The van der Waals surface area contributed by atoms with E-state index in [2.05, 4.69) is 34.3 Å². The first-order valence-corrected chi connectivity index (χ1v) is 10.0. The number of β-lactam (4-membered cyclic amide) rings is 1. The Morgan fingerprint density at radius 2 is 2.21 bits per heavy atom. The van der Waals surface area contributed by atoms with Gasteiger partial charge in [-0.25, -0.2) is 4.68 Å². The highest BCUT2D eigenvalue weighted by Crippen LogP contribution is 2.52. The van der Waals surface area contributed by atoms with Gasteiger partial charge in [-0.15, -0.1) is 16.9 Å². The summed E-state index contributed by atoms with van der Waals surface area (Å²) in [4.78, 5) is 16.2. The Hall–Kier alpha value is -1.06. The van der Waals surface area contributed by atoms with Crippen LogP contribution in [0.15, 0.2) is 16.4 Å². The molecular formula is C15H24N6OS2. The SMILES string of the molecule is CC1=C(CSc2nnnn2CCN(C)C)CS[C@]2(C)C(C)C(=O)N12. The van der Waals surface area contributed by atoms with Crippen molar-refractivity contribution in [3.05, 3.63) is 11.3 Å². The van der Waals surface area contributed by atoms with E-state index in [1.807, 2.05) is 42.4 Å². The van der Waals surface area contributed by atoms with E-state index >= 15 is 0 Å². The minimum absolute atomic E-state index is 0.0668. The Kier molecular flexibility index (Phi) is 4.94. The number of aromatic nitrogens is 4. The molecule has 7 nitrogen and oxygen atoms in total. The van der Waals surface area contributed by atoms with Gasteiger partial charge in [-0.3, -0.25) is 4.79 Å². The number of likely N-dealkylation sites (N-methyl/N-ethyl adjacent to an activating group) is 1. The van der Waals surface area contributed by atoms with Gasteiger partial charge < -0.3 is 9.80 Å². The topological polar surface area (TPSA) is 67.2 Å². The number of carbonyl (C=O) groups excluding carboxylic acids is 1. The Labute approximate surface area is 151 Å². The lowest BCUT2D eigenvalue weighted by atomic mass is 9.88. The fraction of sp³-hybridized carbons (Fsp3) is 0.733. The van der Waals surface area contributed by atoms with E-state index in [1.54, 1.807) is 11.8 Å². The van der Waals surface area contributed by atoms with Gasteiger partial charge in [0.15, 0.2) is 0 Å². The minimum atomic E-state index is -0.0668. The summed E-state index contributed by atoms with van der Waals surface area (Å²) >= 11 is 3.51. The number of carbonyl (C=O) groups is 1. The maximum Gasteiger partial charge on any atom is 0.234 e. The van der Waals surface area contributed by atoms with Crippen LogP contribution in [0.2, 0.25) is 0 Å². The smallest absolute Gasteiger partial charge is 0.234 e. The molecule has 1 saturated heterocycles. The molecule has 24 heavy (non-hydrogen) atoms. The Bertz CT molecular complexity index is 673. The zero-order chi connectivity index (χ0) is 17.5. The van der Waals surface area contributed by atoms with E-state index in [9.17, 15) is 4.79 Å². The summed E-state index contributed by atoms with van der Waals surface area (Å²) in [5.41, 5.74) is 2.41. The predicted octanol–water partition coefficient (Wildman–Crippen LogP) is 1.54. The van der Waals surface area contributed by atoms with Gasteiger partial charge in [-0.2, -0.15) is 0 Å². The molecule has 1 amide bonds.